The first-order valence-electron chi connectivity index (χ1n) is 8.70. The minimum absolute atomic E-state index is 0.0719. The minimum Gasteiger partial charge on any atom is -0.368 e. The second kappa shape index (κ2) is 8.80. The van der Waals surface area contributed by atoms with E-state index in [1.54, 1.807) is 35.9 Å². The number of fused-ring (bicyclic) bond motifs is 1. The van der Waals surface area contributed by atoms with Crippen LogP contribution in [0.3, 0.4) is 0 Å². The molecule has 3 aromatic rings. The Morgan fingerprint density at radius 1 is 1.20 bits per heavy atom. The molecule has 3 rings (SSSR count). The van der Waals surface area contributed by atoms with Gasteiger partial charge in [-0.3, -0.25) is 18.8 Å². The standard InChI is InChI=1S/C17H20ClN9O3/c1-25-13-12(14(28)26(2)17(25)29)21-9-27(13)7-8-30-24-16(20)23-15(19)22-11-5-3-10(18)4-6-11/h3-6,9H,7-8H2,1-2H3,(H5,19,20,22,23,24). The number of imidazole rings is 1. The van der Waals surface area contributed by atoms with Crippen molar-refractivity contribution in [2.24, 2.45) is 35.5 Å². The number of nitrogens with two attached hydrogens (primary N) is 2. The smallest absolute Gasteiger partial charge is 0.332 e. The summed E-state index contributed by atoms with van der Waals surface area (Å²) in [4.78, 5) is 41.5. The van der Waals surface area contributed by atoms with Gasteiger partial charge in [-0.25, -0.2) is 20.3 Å². The molecule has 0 aliphatic heterocycles. The highest BCUT2D eigenvalue weighted by molar-refractivity contribution is 6.30. The van der Waals surface area contributed by atoms with E-state index in [0.717, 1.165) is 4.57 Å². The molecule has 30 heavy (non-hydrogen) atoms. The van der Waals surface area contributed by atoms with E-state index >= 15 is 0 Å². The number of benzene rings is 1. The molecule has 2 aromatic heterocycles. The van der Waals surface area contributed by atoms with Gasteiger partial charge in [-0.2, -0.15) is 4.99 Å². The number of guanidine groups is 2. The third-order valence-corrected chi connectivity index (χ3v) is 4.38. The highest BCUT2D eigenvalue weighted by Gasteiger charge is 2.13. The van der Waals surface area contributed by atoms with Gasteiger partial charge in [-0.1, -0.05) is 11.6 Å². The van der Waals surface area contributed by atoms with Gasteiger partial charge in [0.15, 0.2) is 5.52 Å². The predicted octanol–water partition coefficient (Wildman–Crippen LogP) is -0.431. The molecule has 0 amide bonds. The van der Waals surface area contributed by atoms with Crippen LogP contribution in [0.15, 0.2) is 50.2 Å². The van der Waals surface area contributed by atoms with E-state index in [0.29, 0.717) is 22.9 Å². The molecule has 0 aliphatic rings. The van der Waals surface area contributed by atoms with E-state index < -0.39 is 11.2 Å². The van der Waals surface area contributed by atoms with Crippen LogP contribution >= 0.6 is 11.6 Å². The van der Waals surface area contributed by atoms with Crippen LogP contribution in [0.5, 0.6) is 0 Å². The third kappa shape index (κ3) is 4.50. The number of nitrogens with zero attached hydrogens (tertiary/aromatic N) is 6. The monoisotopic (exact) mass is 433 g/mol. The van der Waals surface area contributed by atoms with Crippen LogP contribution in [0.25, 0.3) is 11.2 Å². The third-order valence-electron chi connectivity index (χ3n) is 4.13. The van der Waals surface area contributed by atoms with Crippen LogP contribution < -0.4 is 28.2 Å². The fourth-order valence-corrected chi connectivity index (χ4v) is 2.82. The molecule has 13 heteroatoms. The van der Waals surface area contributed by atoms with Crippen LogP contribution in [-0.2, 0) is 25.5 Å². The van der Waals surface area contributed by atoms with Crippen molar-refractivity contribution in [3.8, 4) is 0 Å². The number of hydroxylamine groups is 1. The lowest BCUT2D eigenvalue weighted by Gasteiger charge is -2.09. The number of hydrogen-bond acceptors (Lipinski definition) is 5. The molecule has 5 N–H and O–H groups in total. The topological polar surface area (TPSA) is 160 Å². The van der Waals surface area contributed by atoms with Crippen molar-refractivity contribution in [3.05, 3.63) is 56.5 Å². The Morgan fingerprint density at radius 3 is 2.60 bits per heavy atom. The van der Waals surface area contributed by atoms with Crippen LogP contribution in [0.2, 0.25) is 5.02 Å². The van der Waals surface area contributed by atoms with Gasteiger partial charge >= 0.3 is 5.69 Å². The number of hydrogen-bond donors (Lipinski definition) is 3. The first-order valence-corrected chi connectivity index (χ1v) is 9.08. The number of aromatic nitrogens is 4. The van der Waals surface area contributed by atoms with Gasteiger partial charge in [-0.15, -0.1) is 0 Å². The second-order valence-corrected chi connectivity index (χ2v) is 6.65. The van der Waals surface area contributed by atoms with Gasteiger partial charge in [0.05, 0.1) is 25.2 Å². The van der Waals surface area contributed by atoms with Crippen molar-refractivity contribution in [2.75, 3.05) is 6.61 Å². The zero-order valence-corrected chi connectivity index (χ0v) is 17.0. The van der Waals surface area contributed by atoms with Gasteiger partial charge in [0.25, 0.3) is 5.56 Å². The van der Waals surface area contributed by atoms with Crippen LogP contribution in [0.1, 0.15) is 0 Å². The van der Waals surface area contributed by atoms with Crippen LogP contribution in [0, 0.1) is 0 Å². The van der Waals surface area contributed by atoms with Crippen LogP contribution in [0.4, 0.5) is 5.69 Å². The van der Waals surface area contributed by atoms with Crippen molar-refractivity contribution < 1.29 is 4.84 Å². The molecule has 0 radical (unpaired) electrons. The molecular weight excluding hydrogens is 414 g/mol. The number of halogens is 1. The van der Waals surface area contributed by atoms with Gasteiger partial charge in [0.1, 0.15) is 5.65 Å². The van der Waals surface area contributed by atoms with Crippen molar-refractivity contribution in [1.82, 2.24) is 24.2 Å². The van der Waals surface area contributed by atoms with Crippen LogP contribution in [-0.4, -0.2) is 37.2 Å². The van der Waals surface area contributed by atoms with Crippen molar-refractivity contribution >= 4 is 40.4 Å². The number of aliphatic imine (C=N–C) groups is 2. The largest absolute Gasteiger partial charge is 0.368 e. The molecule has 0 fully saturated rings. The van der Waals surface area contributed by atoms with Gasteiger partial charge < -0.3 is 16.0 Å². The molecule has 1 aromatic carbocycles. The maximum atomic E-state index is 12.2. The Hall–Kier alpha value is -3.64. The molecular formula is C17H20ClN9O3. The Bertz CT molecular complexity index is 1240. The van der Waals surface area contributed by atoms with Gasteiger partial charge in [0, 0.05) is 19.1 Å². The number of aryl methyl sites for hydroxylation is 1. The SMILES string of the molecule is Cn1c(=O)c2ncn(CCON/C(N)=N/C(N)=Nc3ccc(Cl)cc3)c2n(C)c1=O. The Kier molecular flexibility index (Phi) is 6.18. The van der Waals surface area contributed by atoms with E-state index in [1.165, 1.54) is 17.9 Å². The van der Waals surface area contributed by atoms with Crippen molar-refractivity contribution in [2.45, 2.75) is 6.54 Å². The first-order chi connectivity index (χ1) is 14.3. The molecule has 0 bridgehead atoms. The summed E-state index contributed by atoms with van der Waals surface area (Å²) >= 11 is 5.81. The molecule has 0 saturated heterocycles. The van der Waals surface area contributed by atoms with E-state index in [4.69, 9.17) is 27.9 Å². The molecule has 0 spiro atoms. The molecule has 2 heterocycles. The zero-order valence-electron chi connectivity index (χ0n) is 16.2. The molecule has 0 saturated carbocycles. The lowest BCUT2D eigenvalue weighted by molar-refractivity contribution is 0.0780. The first kappa shape index (κ1) is 21.1. The second-order valence-electron chi connectivity index (χ2n) is 6.21. The van der Waals surface area contributed by atoms with E-state index in [2.05, 4.69) is 20.4 Å². The Balaban J connectivity index is 1.61. The molecule has 0 aliphatic carbocycles. The van der Waals surface area contributed by atoms with Gasteiger partial charge in [-0.05, 0) is 24.3 Å². The quantitative estimate of drug-likeness (QED) is 0.213. The Labute approximate surface area is 175 Å². The molecule has 12 nitrogen and oxygen atoms in total. The number of rotatable bonds is 5. The van der Waals surface area contributed by atoms with E-state index in [1.807, 2.05) is 0 Å². The fraction of sp³-hybridized carbons (Fsp3) is 0.235. The highest BCUT2D eigenvalue weighted by Crippen LogP contribution is 2.16. The van der Waals surface area contributed by atoms with Crippen molar-refractivity contribution in [3.63, 3.8) is 0 Å². The lowest BCUT2D eigenvalue weighted by atomic mass is 10.3. The summed E-state index contributed by atoms with van der Waals surface area (Å²) in [5, 5.41) is 0.580. The summed E-state index contributed by atoms with van der Waals surface area (Å²) in [6.07, 6.45) is 1.46. The zero-order chi connectivity index (χ0) is 21.8. The molecule has 0 atom stereocenters. The summed E-state index contributed by atoms with van der Waals surface area (Å²) < 4.78 is 3.98. The van der Waals surface area contributed by atoms with E-state index in [9.17, 15) is 9.59 Å². The summed E-state index contributed by atoms with van der Waals surface area (Å²) in [5.74, 6) is -0.167. The summed E-state index contributed by atoms with van der Waals surface area (Å²) in [7, 11) is 2.97. The highest BCUT2D eigenvalue weighted by atomic mass is 35.5. The maximum Gasteiger partial charge on any atom is 0.332 e. The fourth-order valence-electron chi connectivity index (χ4n) is 2.69. The van der Waals surface area contributed by atoms with Crippen molar-refractivity contribution in [1.29, 1.82) is 0 Å². The molecule has 0 unspecified atom stereocenters. The average molecular weight is 434 g/mol. The minimum atomic E-state index is -0.460. The summed E-state index contributed by atoms with van der Waals surface area (Å²) in [5.41, 5.74) is 14.1. The Morgan fingerprint density at radius 2 is 1.90 bits per heavy atom. The lowest BCUT2D eigenvalue weighted by Crippen LogP contribution is -2.37. The van der Waals surface area contributed by atoms with E-state index in [-0.39, 0.29) is 24.0 Å². The van der Waals surface area contributed by atoms with Gasteiger partial charge in [0.2, 0.25) is 11.9 Å². The summed E-state index contributed by atoms with van der Waals surface area (Å²) in [6, 6.07) is 6.71. The molecule has 158 valence electrons. The number of nitrogens with one attached hydrogen (secondary N) is 1. The maximum absolute atomic E-state index is 12.2. The predicted molar refractivity (Wildman–Crippen MR) is 114 cm³/mol. The normalized spacial score (nSPS) is 12.5. The summed E-state index contributed by atoms with van der Waals surface area (Å²) in [6.45, 7) is 0.435. The average Bonchev–Trinajstić information content (AvgIpc) is 3.14.